The highest BCUT2D eigenvalue weighted by molar-refractivity contribution is 5.81. The van der Waals surface area contributed by atoms with Gasteiger partial charge in [0.1, 0.15) is 6.04 Å². The van der Waals surface area contributed by atoms with E-state index in [0.29, 0.717) is 19.8 Å². The van der Waals surface area contributed by atoms with Gasteiger partial charge in [-0.05, 0) is 6.92 Å². The first-order valence-electron chi connectivity index (χ1n) is 4.65. The molecule has 1 saturated heterocycles. The van der Waals surface area contributed by atoms with Crippen LogP contribution in [0.2, 0.25) is 0 Å². The number of nitrogens with one attached hydrogen (secondary N) is 1. The smallest absolute Gasteiger partial charge is 0.239 e. The van der Waals surface area contributed by atoms with E-state index in [-0.39, 0.29) is 18.0 Å². The second-order valence-electron chi connectivity index (χ2n) is 3.25. The predicted molar refractivity (Wildman–Crippen MR) is 50.5 cm³/mol. The normalized spacial score (nSPS) is 25.1. The maximum absolute atomic E-state index is 11.5. The molecule has 78 valence electrons. The molecule has 0 radical (unpaired) electrons. The Bertz CT molecular complexity index is 249. The standard InChI is InChI=1S/C9H15N3O2/c1-7(5-10)12-3-4-14-6-8(12)9(13)11-2/h7-8H,3-4,6H2,1-2H3,(H,11,13). The summed E-state index contributed by atoms with van der Waals surface area (Å²) in [5, 5.41) is 11.4. The summed E-state index contributed by atoms with van der Waals surface area (Å²) in [5.74, 6) is -0.0909. The van der Waals surface area contributed by atoms with Gasteiger partial charge in [0.15, 0.2) is 0 Å². The Morgan fingerprint density at radius 2 is 2.50 bits per heavy atom. The van der Waals surface area contributed by atoms with Gasteiger partial charge in [-0.2, -0.15) is 5.26 Å². The lowest BCUT2D eigenvalue weighted by Crippen LogP contribution is -2.55. The van der Waals surface area contributed by atoms with Gasteiger partial charge in [0.25, 0.3) is 0 Å². The largest absolute Gasteiger partial charge is 0.378 e. The summed E-state index contributed by atoms with van der Waals surface area (Å²) in [4.78, 5) is 13.3. The number of nitriles is 1. The van der Waals surface area contributed by atoms with E-state index in [0.717, 1.165) is 0 Å². The number of ether oxygens (including phenoxy) is 1. The lowest BCUT2D eigenvalue weighted by Gasteiger charge is -2.35. The molecule has 1 heterocycles. The Balaban J connectivity index is 2.69. The molecule has 5 nitrogen and oxygen atoms in total. The van der Waals surface area contributed by atoms with Crippen LogP contribution in [0.1, 0.15) is 6.92 Å². The lowest BCUT2D eigenvalue weighted by molar-refractivity contribution is -0.132. The van der Waals surface area contributed by atoms with E-state index in [2.05, 4.69) is 11.4 Å². The average molecular weight is 197 g/mol. The number of amides is 1. The summed E-state index contributed by atoms with van der Waals surface area (Å²) in [7, 11) is 1.59. The third-order valence-electron chi connectivity index (χ3n) is 2.40. The van der Waals surface area contributed by atoms with Crippen molar-refractivity contribution >= 4 is 5.91 Å². The topological polar surface area (TPSA) is 65.4 Å². The molecular weight excluding hydrogens is 182 g/mol. The summed E-state index contributed by atoms with van der Waals surface area (Å²) >= 11 is 0. The van der Waals surface area contributed by atoms with Crippen LogP contribution in [-0.4, -0.2) is 49.7 Å². The van der Waals surface area contributed by atoms with Crippen LogP contribution >= 0.6 is 0 Å². The molecule has 14 heavy (non-hydrogen) atoms. The van der Waals surface area contributed by atoms with Gasteiger partial charge in [0.2, 0.25) is 5.91 Å². The van der Waals surface area contributed by atoms with Crippen molar-refractivity contribution in [1.29, 1.82) is 5.26 Å². The van der Waals surface area contributed by atoms with Gasteiger partial charge in [-0.25, -0.2) is 0 Å². The molecule has 0 aromatic heterocycles. The highest BCUT2D eigenvalue weighted by atomic mass is 16.5. The molecule has 1 N–H and O–H groups in total. The first kappa shape index (κ1) is 11.0. The number of morpholine rings is 1. The van der Waals surface area contributed by atoms with E-state index in [1.807, 2.05) is 4.90 Å². The third-order valence-corrected chi connectivity index (χ3v) is 2.40. The molecule has 5 heteroatoms. The van der Waals surface area contributed by atoms with Crippen LogP contribution < -0.4 is 5.32 Å². The fraction of sp³-hybridized carbons (Fsp3) is 0.778. The zero-order chi connectivity index (χ0) is 10.6. The van der Waals surface area contributed by atoms with Gasteiger partial charge in [0.05, 0.1) is 25.3 Å². The van der Waals surface area contributed by atoms with Crippen molar-refractivity contribution in [3.8, 4) is 6.07 Å². The molecule has 1 amide bonds. The predicted octanol–water partition coefficient (Wildman–Crippen LogP) is -0.655. The summed E-state index contributed by atoms with van der Waals surface area (Å²) in [5.41, 5.74) is 0. The second kappa shape index (κ2) is 4.94. The fourth-order valence-corrected chi connectivity index (χ4v) is 1.55. The Morgan fingerprint density at radius 1 is 1.79 bits per heavy atom. The Labute approximate surface area is 83.6 Å². The number of carbonyl (C=O) groups excluding carboxylic acids is 1. The maximum atomic E-state index is 11.5. The van der Waals surface area contributed by atoms with Crippen molar-refractivity contribution in [2.45, 2.75) is 19.0 Å². The van der Waals surface area contributed by atoms with Crippen molar-refractivity contribution in [2.24, 2.45) is 0 Å². The van der Waals surface area contributed by atoms with Crippen molar-refractivity contribution in [3.05, 3.63) is 0 Å². The Hall–Kier alpha value is -1.12. The molecule has 1 rings (SSSR count). The minimum Gasteiger partial charge on any atom is -0.378 e. The van der Waals surface area contributed by atoms with Crippen LogP contribution in [0.15, 0.2) is 0 Å². The van der Waals surface area contributed by atoms with Crippen LogP contribution in [0.25, 0.3) is 0 Å². The fourth-order valence-electron chi connectivity index (χ4n) is 1.55. The van der Waals surface area contributed by atoms with E-state index in [9.17, 15) is 4.79 Å². The van der Waals surface area contributed by atoms with Crippen LogP contribution in [0.4, 0.5) is 0 Å². The molecule has 1 aliphatic rings. The summed E-state index contributed by atoms with van der Waals surface area (Å²) in [6, 6.07) is 1.55. The Kier molecular flexibility index (Phi) is 3.86. The number of nitrogens with zero attached hydrogens (tertiary/aromatic N) is 2. The molecule has 0 aliphatic carbocycles. The molecular formula is C9H15N3O2. The summed E-state index contributed by atoms with van der Waals surface area (Å²) in [6.07, 6.45) is 0. The second-order valence-corrected chi connectivity index (χ2v) is 3.25. The lowest BCUT2D eigenvalue weighted by atomic mass is 10.1. The molecule has 0 aromatic rings. The number of hydrogen-bond donors (Lipinski definition) is 1. The van der Waals surface area contributed by atoms with Gasteiger partial charge in [-0.1, -0.05) is 0 Å². The zero-order valence-electron chi connectivity index (χ0n) is 8.49. The van der Waals surface area contributed by atoms with Gasteiger partial charge >= 0.3 is 0 Å². The van der Waals surface area contributed by atoms with Gasteiger partial charge in [0, 0.05) is 13.6 Å². The highest BCUT2D eigenvalue weighted by Crippen LogP contribution is 2.10. The minimum atomic E-state index is -0.330. The molecule has 2 unspecified atom stereocenters. The SMILES string of the molecule is CNC(=O)C1COCCN1C(C)C#N. The summed E-state index contributed by atoms with van der Waals surface area (Å²) in [6.45, 7) is 3.37. The monoisotopic (exact) mass is 197 g/mol. The quantitative estimate of drug-likeness (QED) is 0.638. The molecule has 1 aliphatic heterocycles. The molecule has 0 bridgehead atoms. The van der Waals surface area contributed by atoms with Gasteiger partial charge in [-0.15, -0.1) is 0 Å². The van der Waals surface area contributed by atoms with Crippen LogP contribution in [0.5, 0.6) is 0 Å². The van der Waals surface area contributed by atoms with E-state index >= 15 is 0 Å². The molecule has 0 saturated carbocycles. The minimum absolute atomic E-state index is 0.0909. The first-order valence-corrected chi connectivity index (χ1v) is 4.65. The zero-order valence-corrected chi connectivity index (χ0v) is 8.49. The highest BCUT2D eigenvalue weighted by Gasteiger charge is 2.31. The molecule has 0 spiro atoms. The molecule has 0 aromatic carbocycles. The van der Waals surface area contributed by atoms with E-state index in [4.69, 9.17) is 10.00 Å². The van der Waals surface area contributed by atoms with Crippen LogP contribution in [0.3, 0.4) is 0 Å². The number of rotatable bonds is 2. The third kappa shape index (κ3) is 2.22. The van der Waals surface area contributed by atoms with Crippen molar-refractivity contribution in [2.75, 3.05) is 26.8 Å². The number of likely N-dealkylation sites (N-methyl/N-ethyl adjacent to an activating group) is 1. The van der Waals surface area contributed by atoms with Crippen molar-refractivity contribution < 1.29 is 9.53 Å². The van der Waals surface area contributed by atoms with E-state index in [1.165, 1.54) is 0 Å². The first-order chi connectivity index (χ1) is 6.70. The van der Waals surface area contributed by atoms with Gasteiger partial charge < -0.3 is 10.1 Å². The van der Waals surface area contributed by atoms with Crippen LogP contribution in [0, 0.1) is 11.3 Å². The van der Waals surface area contributed by atoms with Crippen LogP contribution in [-0.2, 0) is 9.53 Å². The van der Waals surface area contributed by atoms with Crippen molar-refractivity contribution in [1.82, 2.24) is 10.2 Å². The number of hydrogen-bond acceptors (Lipinski definition) is 4. The van der Waals surface area contributed by atoms with E-state index in [1.54, 1.807) is 14.0 Å². The van der Waals surface area contributed by atoms with Gasteiger partial charge in [-0.3, -0.25) is 9.69 Å². The Morgan fingerprint density at radius 3 is 3.07 bits per heavy atom. The maximum Gasteiger partial charge on any atom is 0.239 e. The molecule has 2 atom stereocenters. The summed E-state index contributed by atoms with van der Waals surface area (Å²) < 4.78 is 5.22. The average Bonchev–Trinajstić information content (AvgIpc) is 2.27. The van der Waals surface area contributed by atoms with E-state index < -0.39 is 0 Å². The van der Waals surface area contributed by atoms with Crippen molar-refractivity contribution in [3.63, 3.8) is 0 Å². The number of carbonyl (C=O) groups is 1. The molecule has 1 fully saturated rings.